The molecule has 2 heterocycles. The van der Waals surface area contributed by atoms with E-state index >= 15 is 0 Å². The fraction of sp³-hybridized carbons (Fsp3) is 1.00. The summed E-state index contributed by atoms with van der Waals surface area (Å²) in [4.78, 5) is 2.80. The fourth-order valence-corrected chi connectivity index (χ4v) is 3.63. The van der Waals surface area contributed by atoms with Gasteiger partial charge in [-0.3, -0.25) is 4.90 Å². The van der Waals surface area contributed by atoms with Crippen LogP contribution in [0.15, 0.2) is 0 Å². The van der Waals surface area contributed by atoms with E-state index in [9.17, 15) is 0 Å². The Morgan fingerprint density at radius 1 is 1.30 bits per heavy atom. The normalized spacial score (nSPS) is 35.1. The van der Waals surface area contributed by atoms with Gasteiger partial charge in [0.1, 0.15) is 0 Å². The Morgan fingerprint density at radius 2 is 2.00 bits per heavy atom. The van der Waals surface area contributed by atoms with Gasteiger partial charge >= 0.3 is 0 Å². The number of hydrogen-bond donors (Lipinski definition) is 1. The Kier molecular flexibility index (Phi) is 5.88. The van der Waals surface area contributed by atoms with E-state index in [0.717, 1.165) is 31.6 Å². The number of nitrogens with zero attached hydrogens (tertiary/aromatic N) is 1. The predicted molar refractivity (Wildman–Crippen MR) is 85.1 cm³/mol. The molecule has 2 aliphatic rings. The molecule has 2 fully saturated rings. The van der Waals surface area contributed by atoms with Crippen molar-refractivity contribution in [3.05, 3.63) is 0 Å². The summed E-state index contributed by atoms with van der Waals surface area (Å²) in [7, 11) is 0. The summed E-state index contributed by atoms with van der Waals surface area (Å²) in [5, 5.41) is 3.81. The Balaban J connectivity index is 2.00. The summed E-state index contributed by atoms with van der Waals surface area (Å²) in [6.45, 7) is 15.0. The molecule has 0 aromatic carbocycles. The summed E-state index contributed by atoms with van der Waals surface area (Å²) >= 11 is 0. The zero-order chi connectivity index (χ0) is 14.6. The van der Waals surface area contributed by atoms with Crippen molar-refractivity contribution in [3.63, 3.8) is 0 Å². The van der Waals surface area contributed by atoms with Gasteiger partial charge in [0.05, 0.1) is 0 Å². The van der Waals surface area contributed by atoms with Gasteiger partial charge in [-0.15, -0.1) is 0 Å². The number of ether oxygens (including phenoxy) is 1. The van der Waals surface area contributed by atoms with E-state index in [1.165, 1.54) is 38.8 Å². The molecule has 0 radical (unpaired) electrons. The van der Waals surface area contributed by atoms with Gasteiger partial charge in [0.15, 0.2) is 0 Å². The molecule has 0 aliphatic carbocycles. The van der Waals surface area contributed by atoms with E-state index in [4.69, 9.17) is 4.74 Å². The second-order valence-corrected chi connectivity index (χ2v) is 7.23. The lowest BCUT2D eigenvalue weighted by Gasteiger charge is -2.49. The molecule has 0 spiro atoms. The highest BCUT2D eigenvalue weighted by molar-refractivity contribution is 4.96. The van der Waals surface area contributed by atoms with Crippen LogP contribution >= 0.6 is 0 Å². The van der Waals surface area contributed by atoms with E-state index in [2.05, 4.69) is 37.9 Å². The second kappa shape index (κ2) is 7.24. The number of piperazine rings is 1. The van der Waals surface area contributed by atoms with Gasteiger partial charge in [0, 0.05) is 44.4 Å². The standard InChI is InChI=1S/C17H34N2O/c1-5-14(3)16-11-18-17(4,6-2)13-19(16)12-15-7-9-20-10-8-15/h14-16,18H,5-13H2,1-4H3. The van der Waals surface area contributed by atoms with Gasteiger partial charge in [-0.25, -0.2) is 0 Å². The van der Waals surface area contributed by atoms with Gasteiger partial charge in [-0.2, -0.15) is 0 Å². The molecule has 3 heteroatoms. The van der Waals surface area contributed by atoms with E-state index in [0.29, 0.717) is 11.6 Å². The summed E-state index contributed by atoms with van der Waals surface area (Å²) < 4.78 is 5.52. The highest BCUT2D eigenvalue weighted by atomic mass is 16.5. The maximum atomic E-state index is 5.52. The monoisotopic (exact) mass is 282 g/mol. The maximum Gasteiger partial charge on any atom is 0.0469 e. The molecule has 118 valence electrons. The lowest BCUT2D eigenvalue weighted by Crippen LogP contribution is -2.64. The fourth-order valence-electron chi connectivity index (χ4n) is 3.63. The smallest absolute Gasteiger partial charge is 0.0469 e. The average Bonchev–Trinajstić information content (AvgIpc) is 2.48. The molecule has 2 aliphatic heterocycles. The van der Waals surface area contributed by atoms with Crippen molar-refractivity contribution in [2.75, 3.05) is 32.8 Å². The van der Waals surface area contributed by atoms with Gasteiger partial charge in [0.2, 0.25) is 0 Å². The molecule has 2 rings (SSSR count). The number of hydrogen-bond acceptors (Lipinski definition) is 3. The summed E-state index contributed by atoms with van der Waals surface area (Å²) in [5.74, 6) is 1.62. The van der Waals surface area contributed by atoms with E-state index in [1.54, 1.807) is 0 Å². The molecule has 0 saturated carbocycles. The molecular formula is C17H34N2O. The zero-order valence-corrected chi connectivity index (χ0v) is 14.0. The van der Waals surface area contributed by atoms with Crippen LogP contribution in [-0.2, 0) is 4.74 Å². The van der Waals surface area contributed by atoms with Crippen molar-refractivity contribution in [1.82, 2.24) is 10.2 Å². The van der Waals surface area contributed by atoms with Crippen LogP contribution in [0.3, 0.4) is 0 Å². The highest BCUT2D eigenvalue weighted by Crippen LogP contribution is 2.27. The molecule has 3 unspecified atom stereocenters. The molecule has 1 N–H and O–H groups in total. The molecule has 0 bridgehead atoms. The van der Waals surface area contributed by atoms with Gasteiger partial charge in [0.25, 0.3) is 0 Å². The molecule has 0 aromatic heterocycles. The summed E-state index contributed by atoms with van der Waals surface area (Å²) in [6.07, 6.45) is 4.99. The lowest BCUT2D eigenvalue weighted by atomic mass is 9.87. The van der Waals surface area contributed by atoms with Crippen molar-refractivity contribution >= 4 is 0 Å². The van der Waals surface area contributed by atoms with Crippen LogP contribution in [0.1, 0.15) is 53.4 Å². The molecule has 20 heavy (non-hydrogen) atoms. The predicted octanol–water partition coefficient (Wildman–Crippen LogP) is 2.90. The Labute approximate surface area is 125 Å². The van der Waals surface area contributed by atoms with Crippen LogP contribution in [0.4, 0.5) is 0 Å². The third-order valence-corrected chi connectivity index (χ3v) is 5.67. The maximum absolute atomic E-state index is 5.52. The third-order valence-electron chi connectivity index (χ3n) is 5.67. The minimum absolute atomic E-state index is 0.301. The first-order valence-corrected chi connectivity index (χ1v) is 8.64. The van der Waals surface area contributed by atoms with Crippen LogP contribution in [0, 0.1) is 11.8 Å². The molecule has 0 aromatic rings. The van der Waals surface area contributed by atoms with Crippen molar-refractivity contribution < 1.29 is 4.74 Å². The van der Waals surface area contributed by atoms with Gasteiger partial charge in [-0.05, 0) is 38.0 Å². The van der Waals surface area contributed by atoms with Crippen LogP contribution in [0.2, 0.25) is 0 Å². The van der Waals surface area contributed by atoms with E-state index in [1.807, 2.05) is 0 Å². The second-order valence-electron chi connectivity index (χ2n) is 7.23. The van der Waals surface area contributed by atoms with Crippen LogP contribution < -0.4 is 5.32 Å². The summed E-state index contributed by atoms with van der Waals surface area (Å²) in [5.41, 5.74) is 0.301. The first-order valence-electron chi connectivity index (χ1n) is 8.64. The van der Waals surface area contributed by atoms with Crippen LogP contribution in [0.25, 0.3) is 0 Å². The van der Waals surface area contributed by atoms with Crippen molar-refractivity contribution in [3.8, 4) is 0 Å². The number of nitrogens with one attached hydrogen (secondary N) is 1. The third kappa shape index (κ3) is 3.96. The molecule has 2 saturated heterocycles. The van der Waals surface area contributed by atoms with Crippen LogP contribution in [0.5, 0.6) is 0 Å². The topological polar surface area (TPSA) is 24.5 Å². The molecule has 0 amide bonds. The van der Waals surface area contributed by atoms with Crippen molar-refractivity contribution in [1.29, 1.82) is 0 Å². The Hall–Kier alpha value is -0.120. The quantitative estimate of drug-likeness (QED) is 0.839. The van der Waals surface area contributed by atoms with Crippen LogP contribution in [-0.4, -0.2) is 49.3 Å². The van der Waals surface area contributed by atoms with E-state index in [-0.39, 0.29) is 0 Å². The molecule has 3 atom stereocenters. The minimum Gasteiger partial charge on any atom is -0.381 e. The lowest BCUT2D eigenvalue weighted by molar-refractivity contribution is 0.0105. The Bertz CT molecular complexity index is 291. The SMILES string of the molecule is CCC(C)C1CNC(C)(CC)CN1CC1CCOCC1. The van der Waals surface area contributed by atoms with Crippen molar-refractivity contribution in [2.24, 2.45) is 11.8 Å². The van der Waals surface area contributed by atoms with Crippen molar-refractivity contribution in [2.45, 2.75) is 65.0 Å². The molecular weight excluding hydrogens is 248 g/mol. The highest BCUT2D eigenvalue weighted by Gasteiger charge is 2.37. The van der Waals surface area contributed by atoms with Gasteiger partial charge < -0.3 is 10.1 Å². The minimum atomic E-state index is 0.301. The zero-order valence-electron chi connectivity index (χ0n) is 14.0. The first kappa shape index (κ1) is 16.3. The number of rotatable bonds is 5. The average molecular weight is 282 g/mol. The Morgan fingerprint density at radius 3 is 2.60 bits per heavy atom. The molecule has 3 nitrogen and oxygen atoms in total. The summed E-state index contributed by atoms with van der Waals surface area (Å²) in [6, 6.07) is 0.711. The first-order chi connectivity index (χ1) is 9.58. The largest absolute Gasteiger partial charge is 0.381 e. The van der Waals surface area contributed by atoms with E-state index < -0.39 is 0 Å². The van der Waals surface area contributed by atoms with Gasteiger partial charge in [-0.1, -0.05) is 27.2 Å².